The van der Waals surface area contributed by atoms with Crippen molar-refractivity contribution in [1.29, 1.82) is 0 Å². The second kappa shape index (κ2) is 4.84. The molecule has 1 aromatic carbocycles. The average Bonchev–Trinajstić information content (AvgIpc) is 2.19. The third-order valence-corrected chi connectivity index (χ3v) is 4.19. The number of primary amides is 1. The van der Waals surface area contributed by atoms with Gasteiger partial charge in [0.25, 0.3) is 0 Å². The molecule has 88 valence electrons. The molecule has 0 fully saturated rings. The summed E-state index contributed by atoms with van der Waals surface area (Å²) >= 11 is 3.16. The Kier molecular flexibility index (Phi) is 3.93. The number of carbonyl (C=O) groups excluding carboxylic acids is 1. The molecule has 1 amide bonds. The summed E-state index contributed by atoms with van der Waals surface area (Å²) in [6.07, 6.45) is -0.214. The molecule has 1 rings (SSSR count). The first kappa shape index (κ1) is 13.0. The van der Waals surface area contributed by atoms with Crippen molar-refractivity contribution in [2.75, 3.05) is 11.5 Å². The molecule has 16 heavy (non-hydrogen) atoms. The van der Waals surface area contributed by atoms with Gasteiger partial charge in [-0.3, -0.25) is 4.79 Å². The molecule has 0 radical (unpaired) electrons. The van der Waals surface area contributed by atoms with E-state index in [0.29, 0.717) is 4.47 Å². The van der Waals surface area contributed by atoms with Crippen LogP contribution in [-0.2, 0) is 14.6 Å². The topological polar surface area (TPSA) is 103 Å². The van der Waals surface area contributed by atoms with Crippen LogP contribution in [0.1, 0.15) is 6.42 Å². The fraction of sp³-hybridized carbons (Fsp3) is 0.222. The zero-order valence-corrected chi connectivity index (χ0v) is 10.7. The third kappa shape index (κ3) is 3.21. The molecule has 0 spiro atoms. The largest absolute Gasteiger partial charge is 0.398 e. The molecule has 0 aliphatic rings. The first-order valence-corrected chi connectivity index (χ1v) is 6.83. The molecule has 0 bridgehead atoms. The molecule has 0 aliphatic carbocycles. The highest BCUT2D eigenvalue weighted by Crippen LogP contribution is 2.24. The van der Waals surface area contributed by atoms with Crippen molar-refractivity contribution in [1.82, 2.24) is 0 Å². The maximum absolute atomic E-state index is 11.8. The number of carbonyl (C=O) groups is 1. The maximum Gasteiger partial charge on any atom is 0.218 e. The second-order valence-electron chi connectivity index (χ2n) is 3.22. The van der Waals surface area contributed by atoms with Gasteiger partial charge in [-0.2, -0.15) is 0 Å². The van der Waals surface area contributed by atoms with E-state index in [1.54, 1.807) is 6.07 Å². The van der Waals surface area contributed by atoms with Crippen LogP contribution in [0.15, 0.2) is 27.6 Å². The quantitative estimate of drug-likeness (QED) is 0.798. The van der Waals surface area contributed by atoms with Crippen molar-refractivity contribution in [2.24, 2.45) is 5.73 Å². The normalized spacial score (nSPS) is 11.3. The summed E-state index contributed by atoms with van der Waals surface area (Å²) in [5.74, 6) is -0.986. The smallest absolute Gasteiger partial charge is 0.218 e. The predicted molar refractivity (Wildman–Crippen MR) is 64.4 cm³/mol. The van der Waals surface area contributed by atoms with Crippen molar-refractivity contribution in [3.63, 3.8) is 0 Å². The lowest BCUT2D eigenvalue weighted by Gasteiger charge is -2.06. The fourth-order valence-electron chi connectivity index (χ4n) is 1.12. The summed E-state index contributed by atoms with van der Waals surface area (Å²) in [6, 6.07) is 4.54. The predicted octanol–water partition coefficient (Wildman–Crippen LogP) is 0.680. The molecule has 0 saturated carbocycles. The first-order chi connectivity index (χ1) is 7.33. The van der Waals surface area contributed by atoms with Gasteiger partial charge in [0.2, 0.25) is 5.91 Å². The second-order valence-corrected chi connectivity index (χ2v) is 6.21. The number of benzene rings is 1. The van der Waals surface area contributed by atoms with Crippen LogP contribution in [0, 0.1) is 0 Å². The van der Waals surface area contributed by atoms with E-state index in [1.807, 2.05) is 0 Å². The minimum Gasteiger partial charge on any atom is -0.398 e. The van der Waals surface area contributed by atoms with Gasteiger partial charge in [-0.15, -0.1) is 0 Å². The van der Waals surface area contributed by atoms with Crippen LogP contribution in [-0.4, -0.2) is 20.1 Å². The molecule has 0 aromatic heterocycles. The number of rotatable bonds is 4. The van der Waals surface area contributed by atoms with Crippen LogP contribution in [0.2, 0.25) is 0 Å². The van der Waals surface area contributed by atoms with E-state index in [2.05, 4.69) is 15.9 Å². The number of nitrogen functional groups attached to an aromatic ring is 1. The summed E-state index contributed by atoms with van der Waals surface area (Å²) in [6.45, 7) is 0. The monoisotopic (exact) mass is 306 g/mol. The molecule has 7 heteroatoms. The van der Waals surface area contributed by atoms with Gasteiger partial charge in [-0.1, -0.05) is 15.9 Å². The number of anilines is 1. The minimum absolute atomic E-state index is 0.0168. The fourth-order valence-corrected chi connectivity index (χ4v) is 3.06. The van der Waals surface area contributed by atoms with E-state index >= 15 is 0 Å². The molecule has 4 N–H and O–H groups in total. The van der Waals surface area contributed by atoms with Gasteiger partial charge in [0.15, 0.2) is 9.84 Å². The minimum atomic E-state index is -3.56. The Morgan fingerprint density at radius 1 is 1.38 bits per heavy atom. The van der Waals surface area contributed by atoms with Gasteiger partial charge in [-0.05, 0) is 18.2 Å². The molecule has 0 heterocycles. The van der Waals surface area contributed by atoms with Crippen molar-refractivity contribution >= 4 is 37.4 Å². The molecular formula is C9H11BrN2O3S. The highest BCUT2D eigenvalue weighted by Gasteiger charge is 2.18. The lowest BCUT2D eigenvalue weighted by molar-refractivity contribution is -0.117. The van der Waals surface area contributed by atoms with Crippen LogP contribution < -0.4 is 11.5 Å². The van der Waals surface area contributed by atoms with E-state index in [0.717, 1.165) is 0 Å². The zero-order valence-electron chi connectivity index (χ0n) is 8.31. The number of hydrogen-bond donors (Lipinski definition) is 2. The Bertz CT molecular complexity index is 513. The van der Waals surface area contributed by atoms with E-state index < -0.39 is 15.7 Å². The number of hydrogen-bond acceptors (Lipinski definition) is 4. The Morgan fingerprint density at radius 2 is 2.00 bits per heavy atom. The Balaban J connectivity index is 3.07. The molecule has 0 atom stereocenters. The summed E-state index contributed by atoms with van der Waals surface area (Å²) in [5, 5.41) is 0. The maximum atomic E-state index is 11.8. The Labute approximate surface area is 102 Å². The molecule has 0 unspecified atom stereocenters. The molecule has 0 saturated heterocycles. The lowest BCUT2D eigenvalue weighted by Crippen LogP contribution is -2.18. The standard InChI is InChI=1S/C9H11BrN2O3S/c10-6-1-2-7(11)8(5-6)16(14,15)4-3-9(12)13/h1-2,5H,3-4,11H2,(H2,12,13). The van der Waals surface area contributed by atoms with E-state index in [4.69, 9.17) is 11.5 Å². The molecular weight excluding hydrogens is 296 g/mol. The summed E-state index contributed by atoms with van der Waals surface area (Å²) < 4.78 is 24.2. The van der Waals surface area contributed by atoms with Gasteiger partial charge >= 0.3 is 0 Å². The number of nitrogens with two attached hydrogens (primary N) is 2. The van der Waals surface area contributed by atoms with Gasteiger partial charge < -0.3 is 11.5 Å². The summed E-state index contributed by atoms with van der Waals surface area (Å²) in [5.41, 5.74) is 10.6. The van der Waals surface area contributed by atoms with Crippen molar-refractivity contribution < 1.29 is 13.2 Å². The lowest BCUT2D eigenvalue weighted by atomic mass is 10.3. The number of halogens is 1. The van der Waals surface area contributed by atoms with Gasteiger partial charge in [-0.25, -0.2) is 8.42 Å². The van der Waals surface area contributed by atoms with Gasteiger partial charge in [0.05, 0.1) is 16.3 Å². The molecule has 5 nitrogen and oxygen atoms in total. The SMILES string of the molecule is NC(=O)CCS(=O)(=O)c1cc(Br)ccc1N. The van der Waals surface area contributed by atoms with Crippen molar-refractivity contribution in [3.05, 3.63) is 22.7 Å². The Hall–Kier alpha value is -1.08. The van der Waals surface area contributed by atoms with E-state index in [-0.39, 0.29) is 22.8 Å². The van der Waals surface area contributed by atoms with E-state index in [9.17, 15) is 13.2 Å². The third-order valence-electron chi connectivity index (χ3n) is 1.93. The van der Waals surface area contributed by atoms with Crippen molar-refractivity contribution in [2.45, 2.75) is 11.3 Å². The molecule has 1 aromatic rings. The first-order valence-electron chi connectivity index (χ1n) is 4.39. The summed E-state index contributed by atoms with van der Waals surface area (Å²) in [7, 11) is -3.56. The van der Waals surface area contributed by atoms with E-state index in [1.165, 1.54) is 12.1 Å². The van der Waals surface area contributed by atoms with Crippen LogP contribution in [0.25, 0.3) is 0 Å². The average molecular weight is 307 g/mol. The van der Waals surface area contributed by atoms with Crippen LogP contribution in [0.5, 0.6) is 0 Å². The number of sulfone groups is 1. The Morgan fingerprint density at radius 3 is 2.56 bits per heavy atom. The summed E-state index contributed by atoms with van der Waals surface area (Å²) in [4.78, 5) is 10.6. The van der Waals surface area contributed by atoms with Crippen LogP contribution in [0.4, 0.5) is 5.69 Å². The van der Waals surface area contributed by atoms with Crippen LogP contribution >= 0.6 is 15.9 Å². The zero-order chi connectivity index (χ0) is 12.3. The molecule has 0 aliphatic heterocycles. The van der Waals surface area contributed by atoms with Crippen LogP contribution in [0.3, 0.4) is 0 Å². The van der Waals surface area contributed by atoms with Crippen molar-refractivity contribution in [3.8, 4) is 0 Å². The highest BCUT2D eigenvalue weighted by molar-refractivity contribution is 9.10. The number of amides is 1. The van der Waals surface area contributed by atoms with Gasteiger partial charge in [0, 0.05) is 10.9 Å². The van der Waals surface area contributed by atoms with Gasteiger partial charge in [0.1, 0.15) is 0 Å². The highest BCUT2D eigenvalue weighted by atomic mass is 79.9.